The number of aromatic nitrogens is 1. The monoisotopic (exact) mass is 527 g/mol. The smallest absolute Gasteiger partial charge is 0.485 e. The Labute approximate surface area is 214 Å². The second kappa shape index (κ2) is 14.7. The summed E-state index contributed by atoms with van der Waals surface area (Å²) >= 11 is 0. The third-order valence-corrected chi connectivity index (χ3v) is 7.25. The molecule has 2 aromatic rings. The predicted octanol–water partition coefficient (Wildman–Crippen LogP) is 7.27. The van der Waals surface area contributed by atoms with E-state index < -0.39 is 15.6 Å². The van der Waals surface area contributed by atoms with E-state index in [1.165, 1.54) is 89.2 Å². The molecule has 0 unspecified atom stereocenters. The molecule has 0 saturated carbocycles. The first-order chi connectivity index (χ1) is 17.1. The van der Waals surface area contributed by atoms with Gasteiger partial charge in [-0.1, -0.05) is 77.3 Å². The molecule has 1 aromatic heterocycles. The molecule has 2 heterocycles. The summed E-state index contributed by atoms with van der Waals surface area (Å²) in [6.45, 7) is 5.72. The average Bonchev–Trinajstić information content (AvgIpc) is 2.83. The number of alkyl halides is 3. The van der Waals surface area contributed by atoms with Gasteiger partial charge in [0, 0.05) is 18.6 Å². The van der Waals surface area contributed by atoms with Crippen LogP contribution in [0.5, 0.6) is 0 Å². The van der Waals surface area contributed by atoms with Gasteiger partial charge in [-0.15, -0.1) is 0 Å². The van der Waals surface area contributed by atoms with Crippen molar-refractivity contribution >= 4 is 10.1 Å². The minimum atomic E-state index is -6.09. The van der Waals surface area contributed by atoms with Crippen LogP contribution in [-0.2, 0) is 35.9 Å². The van der Waals surface area contributed by atoms with Crippen molar-refractivity contribution in [1.82, 2.24) is 0 Å². The van der Waals surface area contributed by atoms with E-state index in [1.54, 1.807) is 22.3 Å². The Morgan fingerprint density at radius 1 is 0.833 bits per heavy atom. The van der Waals surface area contributed by atoms with Crippen LogP contribution in [0.15, 0.2) is 36.5 Å². The van der Waals surface area contributed by atoms with Gasteiger partial charge in [-0.3, -0.25) is 0 Å². The van der Waals surface area contributed by atoms with Gasteiger partial charge >= 0.3 is 5.51 Å². The lowest BCUT2D eigenvalue weighted by Gasteiger charge is -2.21. The highest BCUT2D eigenvalue weighted by Crippen LogP contribution is 2.33. The molecular formula is C28H40F3NO3S. The fraction of sp³-hybridized carbons (Fsp3) is 0.607. The number of rotatable bonds is 12. The van der Waals surface area contributed by atoms with Crippen molar-refractivity contribution in [3.8, 4) is 11.3 Å². The fourth-order valence-corrected chi connectivity index (χ4v) is 4.73. The fourth-order valence-electron chi connectivity index (χ4n) is 4.73. The largest absolute Gasteiger partial charge is 0.741 e. The highest BCUT2D eigenvalue weighted by atomic mass is 32.2. The van der Waals surface area contributed by atoms with Crippen LogP contribution >= 0.6 is 0 Å². The van der Waals surface area contributed by atoms with Gasteiger partial charge in [0.15, 0.2) is 22.9 Å². The summed E-state index contributed by atoms with van der Waals surface area (Å²) in [4.78, 5) is 0. The predicted molar refractivity (Wildman–Crippen MR) is 136 cm³/mol. The Hall–Kier alpha value is -1.93. The van der Waals surface area contributed by atoms with Crippen LogP contribution in [0.3, 0.4) is 0 Å². The highest BCUT2D eigenvalue weighted by molar-refractivity contribution is 7.86. The molecule has 1 aliphatic heterocycles. The van der Waals surface area contributed by atoms with E-state index >= 15 is 0 Å². The summed E-state index contributed by atoms with van der Waals surface area (Å²) in [6.07, 6.45) is 19.7. The van der Waals surface area contributed by atoms with Crippen LogP contribution in [0.25, 0.3) is 11.3 Å². The summed E-state index contributed by atoms with van der Waals surface area (Å²) in [7, 11) is -6.09. The van der Waals surface area contributed by atoms with E-state index in [0.717, 1.165) is 6.54 Å². The average molecular weight is 528 g/mol. The number of pyridine rings is 1. The normalized spacial score (nSPS) is 12.9. The van der Waals surface area contributed by atoms with Gasteiger partial charge in [0.2, 0.25) is 5.69 Å². The van der Waals surface area contributed by atoms with E-state index in [4.69, 9.17) is 13.0 Å². The van der Waals surface area contributed by atoms with Gasteiger partial charge < -0.3 is 4.55 Å². The van der Waals surface area contributed by atoms with E-state index in [0.29, 0.717) is 0 Å². The van der Waals surface area contributed by atoms with Crippen molar-refractivity contribution in [2.45, 2.75) is 109 Å². The Morgan fingerprint density at radius 2 is 1.39 bits per heavy atom. The molecule has 1 aromatic carbocycles. The summed E-state index contributed by atoms with van der Waals surface area (Å²) in [5.41, 5.74) is 2.20. The van der Waals surface area contributed by atoms with E-state index in [2.05, 4.69) is 54.9 Å². The Kier molecular flexibility index (Phi) is 12.4. The molecule has 0 saturated heterocycles. The zero-order valence-corrected chi connectivity index (χ0v) is 22.4. The van der Waals surface area contributed by atoms with Crippen molar-refractivity contribution in [3.63, 3.8) is 0 Å². The zero-order chi connectivity index (χ0) is 26.6. The lowest BCUT2D eigenvalue weighted by molar-refractivity contribution is -0.687. The second-order valence-electron chi connectivity index (χ2n) is 9.49. The highest BCUT2D eigenvalue weighted by Gasteiger charge is 2.37. The number of hydrogen-bond acceptors (Lipinski definition) is 3. The quantitative estimate of drug-likeness (QED) is 0.126. The summed E-state index contributed by atoms with van der Waals surface area (Å²) < 4.78 is 61.4. The molecule has 0 bridgehead atoms. The van der Waals surface area contributed by atoms with Gasteiger partial charge in [0.05, 0.1) is 5.56 Å². The van der Waals surface area contributed by atoms with Crippen LogP contribution in [0.4, 0.5) is 13.2 Å². The molecule has 202 valence electrons. The molecule has 3 rings (SSSR count). The molecule has 4 nitrogen and oxygen atoms in total. The third kappa shape index (κ3) is 9.18. The van der Waals surface area contributed by atoms with Crippen molar-refractivity contribution < 1.29 is 30.7 Å². The van der Waals surface area contributed by atoms with Crippen LogP contribution in [0, 0.1) is 0 Å². The number of halogens is 3. The maximum absolute atomic E-state index is 10.7. The van der Waals surface area contributed by atoms with Gasteiger partial charge in [-0.2, -0.15) is 17.7 Å². The summed E-state index contributed by atoms with van der Waals surface area (Å²) in [6, 6.07) is 11.6. The van der Waals surface area contributed by atoms with Crippen LogP contribution in [-0.4, -0.2) is 18.5 Å². The minimum Gasteiger partial charge on any atom is -0.741 e. The molecule has 0 radical (unpaired) electrons. The molecule has 0 amide bonds. The van der Waals surface area contributed by atoms with Crippen molar-refractivity contribution in [1.29, 1.82) is 0 Å². The number of hydrogen-bond donors (Lipinski definition) is 0. The van der Waals surface area contributed by atoms with Crippen LogP contribution in [0.2, 0.25) is 0 Å². The SMILES string of the molecule is CCCCCCCCCCc1ccc(CCCC)c2c1CC[n+]1ccccc1-2.O=S(=O)([O-])C(F)(F)F. The van der Waals surface area contributed by atoms with E-state index in [-0.39, 0.29) is 0 Å². The maximum atomic E-state index is 10.7. The molecule has 0 aliphatic carbocycles. The van der Waals surface area contributed by atoms with Crippen molar-refractivity contribution in [2.24, 2.45) is 0 Å². The Morgan fingerprint density at radius 3 is 2.00 bits per heavy atom. The molecule has 0 N–H and O–H groups in total. The second-order valence-corrected chi connectivity index (χ2v) is 10.9. The number of fused-ring (bicyclic) bond motifs is 3. The number of nitrogens with zero attached hydrogens (tertiary/aromatic N) is 1. The molecule has 36 heavy (non-hydrogen) atoms. The topological polar surface area (TPSA) is 61.1 Å². The Balaban J connectivity index is 0.000000493. The van der Waals surface area contributed by atoms with Crippen molar-refractivity contribution in [3.05, 3.63) is 53.2 Å². The molecular weight excluding hydrogens is 487 g/mol. The lowest BCUT2D eigenvalue weighted by atomic mass is 9.85. The van der Waals surface area contributed by atoms with Gasteiger partial charge in [0.25, 0.3) is 0 Å². The summed E-state index contributed by atoms with van der Waals surface area (Å²) in [5.74, 6) is 0. The third-order valence-electron chi connectivity index (χ3n) is 6.68. The number of aryl methyl sites for hydroxylation is 3. The molecule has 0 spiro atoms. The summed E-state index contributed by atoms with van der Waals surface area (Å²) in [5, 5.41) is 0. The van der Waals surface area contributed by atoms with Gasteiger partial charge in [-0.25, -0.2) is 8.42 Å². The first-order valence-corrected chi connectivity index (χ1v) is 14.7. The van der Waals surface area contributed by atoms with Crippen LogP contribution in [0.1, 0.15) is 94.7 Å². The van der Waals surface area contributed by atoms with Gasteiger partial charge in [-0.05, 0) is 48.4 Å². The van der Waals surface area contributed by atoms with E-state index in [1.807, 2.05) is 0 Å². The zero-order valence-electron chi connectivity index (χ0n) is 21.6. The lowest BCUT2D eigenvalue weighted by Crippen LogP contribution is -2.40. The first-order valence-electron chi connectivity index (χ1n) is 13.2. The maximum Gasteiger partial charge on any atom is 0.485 e. The standard InChI is InChI=1S/C27H40N.CHF3O3S/c1-3-5-7-8-9-10-11-12-16-23-18-19-24(15-6-4-2)27-25(23)20-22-28-21-14-13-17-26(27)28;2-1(3,4)8(5,6)7/h13-14,17-19,21H,3-12,15-16,20,22H2,1-2H3;(H,5,6,7)/q+1;/p-1. The molecule has 0 fully saturated rings. The number of benzene rings is 1. The van der Waals surface area contributed by atoms with E-state index in [9.17, 15) is 13.2 Å². The van der Waals surface area contributed by atoms with Crippen LogP contribution < -0.4 is 4.57 Å². The van der Waals surface area contributed by atoms with Crippen molar-refractivity contribution in [2.75, 3.05) is 0 Å². The Bertz CT molecular complexity index is 1050. The number of unbranched alkanes of at least 4 members (excludes halogenated alkanes) is 8. The van der Waals surface area contributed by atoms with Gasteiger partial charge in [0.1, 0.15) is 0 Å². The first kappa shape index (κ1) is 30.3. The molecule has 0 atom stereocenters. The minimum absolute atomic E-state index is 1.13. The molecule has 1 aliphatic rings. The molecule has 8 heteroatoms.